The number of hydrogen-bond donors (Lipinski definition) is 2. The predicted octanol–water partition coefficient (Wildman–Crippen LogP) is 0.622. The van der Waals surface area contributed by atoms with Crippen molar-refractivity contribution < 1.29 is 17.7 Å². The van der Waals surface area contributed by atoms with Gasteiger partial charge in [-0.1, -0.05) is 0 Å². The van der Waals surface area contributed by atoms with Gasteiger partial charge in [0.05, 0.1) is 4.92 Å². The van der Waals surface area contributed by atoms with Crippen molar-refractivity contribution in [2.75, 3.05) is 19.6 Å². The Morgan fingerprint density at radius 3 is 2.85 bits per heavy atom. The number of sulfonamides is 1. The molecule has 1 fully saturated rings. The van der Waals surface area contributed by atoms with Crippen molar-refractivity contribution in [1.82, 2.24) is 10.0 Å². The van der Waals surface area contributed by atoms with E-state index in [0.717, 1.165) is 31.2 Å². The molecule has 1 aromatic carbocycles. The molecule has 0 saturated carbocycles. The normalized spacial score (nSPS) is 19.1. The second-order valence-electron chi connectivity index (χ2n) is 4.58. The molecule has 9 heteroatoms. The zero-order valence-corrected chi connectivity index (χ0v) is 11.3. The van der Waals surface area contributed by atoms with Gasteiger partial charge < -0.3 is 5.32 Å². The van der Waals surface area contributed by atoms with Crippen LogP contribution in [0.15, 0.2) is 23.1 Å². The van der Waals surface area contributed by atoms with Gasteiger partial charge >= 0.3 is 0 Å². The number of nitro groups is 1. The first-order valence-electron chi connectivity index (χ1n) is 6.04. The van der Waals surface area contributed by atoms with Crippen LogP contribution in [0.1, 0.15) is 6.42 Å². The summed E-state index contributed by atoms with van der Waals surface area (Å²) in [6.45, 7) is 1.69. The fraction of sp³-hybridized carbons (Fsp3) is 0.455. The number of hydrogen-bond acceptors (Lipinski definition) is 5. The van der Waals surface area contributed by atoms with Crippen molar-refractivity contribution in [2.45, 2.75) is 11.3 Å². The van der Waals surface area contributed by atoms with Crippen molar-refractivity contribution in [2.24, 2.45) is 5.92 Å². The van der Waals surface area contributed by atoms with Gasteiger partial charge in [0, 0.05) is 18.7 Å². The van der Waals surface area contributed by atoms with Gasteiger partial charge in [-0.05, 0) is 31.5 Å². The van der Waals surface area contributed by atoms with Crippen LogP contribution in [0, 0.1) is 21.8 Å². The van der Waals surface area contributed by atoms with E-state index in [0.29, 0.717) is 6.54 Å². The van der Waals surface area contributed by atoms with Gasteiger partial charge in [0.25, 0.3) is 5.69 Å². The lowest BCUT2D eigenvalue weighted by Gasteiger charge is -2.11. The molecule has 0 aliphatic carbocycles. The van der Waals surface area contributed by atoms with Crippen molar-refractivity contribution in [1.29, 1.82) is 0 Å². The van der Waals surface area contributed by atoms with Gasteiger partial charge in [-0.15, -0.1) is 0 Å². The third kappa shape index (κ3) is 3.30. The number of nitrogens with one attached hydrogen (secondary N) is 2. The summed E-state index contributed by atoms with van der Waals surface area (Å²) in [5.41, 5.74) is -0.464. The van der Waals surface area contributed by atoms with Crippen molar-refractivity contribution in [3.63, 3.8) is 0 Å². The lowest BCUT2D eigenvalue weighted by Crippen LogP contribution is -2.30. The minimum absolute atomic E-state index is 0.145. The number of halogens is 1. The molecule has 2 N–H and O–H groups in total. The van der Waals surface area contributed by atoms with E-state index in [4.69, 9.17) is 0 Å². The molecule has 7 nitrogen and oxygen atoms in total. The fourth-order valence-corrected chi connectivity index (χ4v) is 3.22. The maximum Gasteiger partial charge on any atom is 0.270 e. The highest BCUT2D eigenvalue weighted by molar-refractivity contribution is 7.89. The largest absolute Gasteiger partial charge is 0.316 e. The Labute approximate surface area is 115 Å². The maximum atomic E-state index is 13.6. The summed E-state index contributed by atoms with van der Waals surface area (Å²) in [5.74, 6) is -0.862. The second-order valence-corrected chi connectivity index (χ2v) is 6.32. The smallest absolute Gasteiger partial charge is 0.270 e. The first kappa shape index (κ1) is 14.8. The number of nitro benzene ring substituents is 1. The van der Waals surface area contributed by atoms with E-state index in [1.807, 2.05) is 0 Å². The highest BCUT2D eigenvalue weighted by Crippen LogP contribution is 2.21. The zero-order valence-electron chi connectivity index (χ0n) is 10.5. The van der Waals surface area contributed by atoms with Crippen LogP contribution in [0.4, 0.5) is 10.1 Å². The first-order chi connectivity index (χ1) is 9.40. The van der Waals surface area contributed by atoms with Crippen LogP contribution in [-0.2, 0) is 10.0 Å². The molecule has 110 valence electrons. The highest BCUT2D eigenvalue weighted by Gasteiger charge is 2.24. The lowest BCUT2D eigenvalue weighted by atomic mass is 10.1. The van der Waals surface area contributed by atoms with E-state index in [-0.39, 0.29) is 12.5 Å². The topological polar surface area (TPSA) is 101 Å². The minimum atomic E-state index is -4.09. The SMILES string of the molecule is O=[N+]([O-])c1ccc(F)c(S(=O)(=O)NCC2CCNC2)c1. The van der Waals surface area contributed by atoms with Gasteiger partial charge in [-0.2, -0.15) is 0 Å². The molecule has 1 unspecified atom stereocenters. The van der Waals surface area contributed by atoms with Crippen LogP contribution in [0.3, 0.4) is 0 Å². The molecule has 1 aliphatic rings. The van der Waals surface area contributed by atoms with Gasteiger partial charge in [0.1, 0.15) is 10.7 Å². The van der Waals surface area contributed by atoms with E-state index in [1.54, 1.807) is 0 Å². The van der Waals surface area contributed by atoms with Gasteiger partial charge in [-0.25, -0.2) is 17.5 Å². The van der Waals surface area contributed by atoms with Crippen molar-refractivity contribution in [3.05, 3.63) is 34.1 Å². The van der Waals surface area contributed by atoms with Crippen LogP contribution in [0.5, 0.6) is 0 Å². The first-order valence-corrected chi connectivity index (χ1v) is 7.53. The van der Waals surface area contributed by atoms with E-state index < -0.39 is 31.3 Å². The molecule has 0 spiro atoms. The Balaban J connectivity index is 2.19. The summed E-state index contributed by atoms with van der Waals surface area (Å²) >= 11 is 0. The molecule has 0 radical (unpaired) electrons. The van der Waals surface area contributed by atoms with Crippen LogP contribution < -0.4 is 10.0 Å². The Morgan fingerprint density at radius 1 is 1.50 bits per heavy atom. The predicted molar refractivity (Wildman–Crippen MR) is 69.2 cm³/mol. The number of nitrogens with zero attached hydrogens (tertiary/aromatic N) is 1. The van der Waals surface area contributed by atoms with Crippen LogP contribution in [-0.4, -0.2) is 33.0 Å². The third-order valence-electron chi connectivity index (χ3n) is 3.14. The molecule has 2 rings (SSSR count). The molecule has 1 heterocycles. The average Bonchev–Trinajstić information content (AvgIpc) is 2.89. The molecular formula is C11H14FN3O4S. The Hall–Kier alpha value is -1.58. The Bertz CT molecular complexity index is 614. The highest BCUT2D eigenvalue weighted by atomic mass is 32.2. The Kier molecular flexibility index (Phi) is 4.31. The quantitative estimate of drug-likeness (QED) is 0.613. The number of non-ortho nitro benzene ring substituents is 1. The van der Waals surface area contributed by atoms with Gasteiger partial charge in [0.2, 0.25) is 10.0 Å². The monoisotopic (exact) mass is 303 g/mol. The molecule has 20 heavy (non-hydrogen) atoms. The van der Waals surface area contributed by atoms with E-state index in [2.05, 4.69) is 10.0 Å². The molecule has 0 aromatic heterocycles. The summed E-state index contributed by atoms with van der Waals surface area (Å²) in [5, 5.41) is 13.7. The van der Waals surface area contributed by atoms with Crippen LogP contribution >= 0.6 is 0 Å². The minimum Gasteiger partial charge on any atom is -0.316 e. The van der Waals surface area contributed by atoms with Crippen LogP contribution in [0.25, 0.3) is 0 Å². The standard InChI is InChI=1S/C11H14FN3O4S/c12-10-2-1-9(15(16)17)5-11(10)20(18,19)14-7-8-3-4-13-6-8/h1-2,5,8,13-14H,3-4,6-7H2. The summed E-state index contributed by atoms with van der Waals surface area (Å²) < 4.78 is 39.8. The molecule has 1 atom stereocenters. The molecule has 1 aromatic rings. The van der Waals surface area contributed by atoms with Gasteiger partial charge in [-0.3, -0.25) is 10.1 Å². The second kappa shape index (κ2) is 5.81. The summed E-state index contributed by atoms with van der Waals surface area (Å²) in [6.07, 6.45) is 0.833. The van der Waals surface area contributed by atoms with Gasteiger partial charge in [0.15, 0.2) is 0 Å². The molecule has 1 aliphatic heterocycles. The fourth-order valence-electron chi connectivity index (χ4n) is 2.01. The molecule has 1 saturated heterocycles. The summed E-state index contributed by atoms with van der Waals surface area (Å²) in [6, 6.07) is 2.43. The number of rotatable bonds is 5. The molecule has 0 bridgehead atoms. The van der Waals surface area contributed by atoms with Crippen molar-refractivity contribution in [3.8, 4) is 0 Å². The lowest BCUT2D eigenvalue weighted by molar-refractivity contribution is -0.385. The van der Waals surface area contributed by atoms with Crippen molar-refractivity contribution >= 4 is 15.7 Å². The average molecular weight is 303 g/mol. The molecule has 0 amide bonds. The number of benzene rings is 1. The third-order valence-corrected chi connectivity index (χ3v) is 4.58. The maximum absolute atomic E-state index is 13.6. The Morgan fingerprint density at radius 2 is 2.25 bits per heavy atom. The molecular weight excluding hydrogens is 289 g/mol. The van der Waals surface area contributed by atoms with E-state index in [1.165, 1.54) is 0 Å². The van der Waals surface area contributed by atoms with E-state index >= 15 is 0 Å². The summed E-state index contributed by atoms with van der Waals surface area (Å²) in [4.78, 5) is 9.16. The summed E-state index contributed by atoms with van der Waals surface area (Å²) in [7, 11) is -4.09. The van der Waals surface area contributed by atoms with Crippen LogP contribution in [0.2, 0.25) is 0 Å². The zero-order chi connectivity index (χ0) is 14.8. The van der Waals surface area contributed by atoms with E-state index in [9.17, 15) is 22.9 Å².